The molecule has 0 aromatic heterocycles. The third-order valence-corrected chi connectivity index (χ3v) is 6.73. The first-order valence-electron chi connectivity index (χ1n) is 11.0. The largest absolute Gasteiger partial charge is 0.326 e. The Kier molecular flexibility index (Phi) is 6.93. The minimum atomic E-state index is -0.764. The first kappa shape index (κ1) is 21.8. The van der Waals surface area contributed by atoms with Crippen LogP contribution < -0.4 is 5.32 Å². The highest BCUT2D eigenvalue weighted by molar-refractivity contribution is 6.07. The van der Waals surface area contributed by atoms with E-state index >= 15 is 0 Å². The van der Waals surface area contributed by atoms with Gasteiger partial charge in [0.05, 0.1) is 6.67 Å². The molecule has 1 aliphatic heterocycles. The molecule has 1 saturated heterocycles. The highest BCUT2D eigenvalue weighted by Crippen LogP contribution is 2.42. The zero-order valence-electron chi connectivity index (χ0n) is 17.9. The number of hydrogen-bond acceptors (Lipinski definition) is 3. The molecule has 1 heterocycles. The van der Waals surface area contributed by atoms with Crippen LogP contribution >= 0.6 is 0 Å². The molecule has 0 radical (unpaired) electrons. The molecule has 2 aliphatic rings. The molecule has 1 saturated carbocycles. The number of hydrogen-bond donors (Lipinski definition) is 1. The van der Waals surface area contributed by atoms with Crippen LogP contribution in [0.2, 0.25) is 0 Å². The van der Waals surface area contributed by atoms with Crippen LogP contribution in [0.1, 0.15) is 64.9 Å². The van der Waals surface area contributed by atoms with Gasteiger partial charge in [0.15, 0.2) is 0 Å². The number of amides is 3. The molecular weight excluding hydrogens is 369 g/mol. The maximum absolute atomic E-state index is 13.4. The summed E-state index contributed by atoms with van der Waals surface area (Å²) in [7, 11) is 0. The van der Waals surface area contributed by atoms with Crippen LogP contribution in [0, 0.1) is 17.7 Å². The van der Waals surface area contributed by atoms with E-state index in [1.165, 1.54) is 17.0 Å². The van der Waals surface area contributed by atoms with E-state index in [1.54, 1.807) is 12.1 Å². The van der Waals surface area contributed by atoms with Gasteiger partial charge in [-0.3, -0.25) is 9.69 Å². The van der Waals surface area contributed by atoms with Gasteiger partial charge in [0.1, 0.15) is 11.4 Å². The summed E-state index contributed by atoms with van der Waals surface area (Å²) >= 11 is 0. The maximum Gasteiger partial charge on any atom is 0.326 e. The van der Waals surface area contributed by atoms with E-state index in [2.05, 4.69) is 31.0 Å². The van der Waals surface area contributed by atoms with Gasteiger partial charge in [0, 0.05) is 13.1 Å². The molecule has 1 spiro atoms. The molecule has 2 atom stereocenters. The molecule has 2 unspecified atom stereocenters. The number of nitrogens with zero attached hydrogens (tertiary/aromatic N) is 2. The Labute approximate surface area is 173 Å². The third-order valence-electron chi connectivity index (χ3n) is 6.73. The molecule has 1 aromatic rings. The number of urea groups is 1. The standard InChI is InChI=1S/C23H34FN3O2/c1-4-5-6-14-26(15-19-10-12-20(24)13-11-19)16-27-21(28)23(25-22(27)29)17(2)8-7-9-18(23)3/h10-13,17-18H,4-9,14-16H2,1-3H3,(H,25,29). The molecule has 160 valence electrons. The minimum absolute atomic E-state index is 0.0817. The summed E-state index contributed by atoms with van der Waals surface area (Å²) in [4.78, 5) is 29.8. The zero-order chi connectivity index (χ0) is 21.0. The average Bonchev–Trinajstić information content (AvgIpc) is 2.94. The summed E-state index contributed by atoms with van der Waals surface area (Å²) in [6.07, 6.45) is 6.21. The summed E-state index contributed by atoms with van der Waals surface area (Å²) in [6.45, 7) is 7.95. The lowest BCUT2D eigenvalue weighted by atomic mass is 9.67. The summed E-state index contributed by atoms with van der Waals surface area (Å²) in [5.41, 5.74) is 0.212. The van der Waals surface area contributed by atoms with Crippen LogP contribution in [0.15, 0.2) is 24.3 Å². The fourth-order valence-corrected chi connectivity index (χ4v) is 4.91. The number of nitrogens with one attached hydrogen (secondary N) is 1. The van der Waals surface area contributed by atoms with Crippen LogP contribution in [-0.2, 0) is 11.3 Å². The van der Waals surface area contributed by atoms with Gasteiger partial charge in [-0.15, -0.1) is 0 Å². The quantitative estimate of drug-likeness (QED) is 0.513. The normalized spacial score (nSPS) is 27.1. The monoisotopic (exact) mass is 403 g/mol. The molecule has 1 aliphatic carbocycles. The Morgan fingerprint density at radius 3 is 2.41 bits per heavy atom. The van der Waals surface area contributed by atoms with Crippen molar-refractivity contribution in [3.05, 3.63) is 35.6 Å². The Balaban J connectivity index is 1.76. The zero-order valence-corrected chi connectivity index (χ0v) is 17.9. The van der Waals surface area contributed by atoms with Crippen molar-refractivity contribution in [2.45, 2.75) is 71.4 Å². The van der Waals surface area contributed by atoms with Crippen molar-refractivity contribution in [1.29, 1.82) is 0 Å². The first-order chi connectivity index (χ1) is 13.9. The Hall–Kier alpha value is -1.95. The fourth-order valence-electron chi connectivity index (χ4n) is 4.91. The second-order valence-electron chi connectivity index (χ2n) is 8.79. The van der Waals surface area contributed by atoms with Gasteiger partial charge in [-0.2, -0.15) is 0 Å². The SMILES string of the molecule is CCCCCN(Cc1ccc(F)cc1)CN1C(=O)NC2(C1=O)C(C)CCCC2C. The van der Waals surface area contributed by atoms with Gasteiger partial charge >= 0.3 is 6.03 Å². The van der Waals surface area contributed by atoms with E-state index in [-0.39, 0.29) is 36.3 Å². The highest BCUT2D eigenvalue weighted by atomic mass is 19.1. The molecular formula is C23H34FN3O2. The highest BCUT2D eigenvalue weighted by Gasteiger charge is 2.58. The van der Waals surface area contributed by atoms with Gasteiger partial charge in [-0.1, -0.05) is 52.2 Å². The van der Waals surface area contributed by atoms with Crippen molar-refractivity contribution < 1.29 is 14.0 Å². The third kappa shape index (κ3) is 4.47. The molecule has 3 amide bonds. The summed E-state index contributed by atoms with van der Waals surface area (Å²) < 4.78 is 13.3. The second-order valence-corrected chi connectivity index (χ2v) is 8.79. The number of unbranched alkanes of at least 4 members (excludes halogenated alkanes) is 2. The van der Waals surface area contributed by atoms with Crippen LogP contribution in [0.25, 0.3) is 0 Å². The van der Waals surface area contributed by atoms with Crippen molar-refractivity contribution in [2.75, 3.05) is 13.2 Å². The van der Waals surface area contributed by atoms with Crippen LogP contribution in [0.4, 0.5) is 9.18 Å². The Morgan fingerprint density at radius 1 is 1.14 bits per heavy atom. The van der Waals surface area contributed by atoms with Crippen LogP contribution in [-0.4, -0.2) is 40.5 Å². The van der Waals surface area contributed by atoms with Gasteiger partial charge < -0.3 is 5.32 Å². The fraction of sp³-hybridized carbons (Fsp3) is 0.652. The average molecular weight is 404 g/mol. The van der Waals surface area contributed by atoms with E-state index in [4.69, 9.17) is 0 Å². The van der Waals surface area contributed by atoms with Gasteiger partial charge in [-0.05, 0) is 48.8 Å². The molecule has 6 heteroatoms. The van der Waals surface area contributed by atoms with E-state index < -0.39 is 5.54 Å². The molecule has 1 N–H and O–H groups in total. The molecule has 3 rings (SSSR count). The van der Waals surface area contributed by atoms with Gasteiger partial charge in [-0.25, -0.2) is 14.1 Å². The van der Waals surface area contributed by atoms with E-state index in [0.717, 1.165) is 50.6 Å². The van der Waals surface area contributed by atoms with Crippen LogP contribution in [0.5, 0.6) is 0 Å². The molecule has 2 fully saturated rings. The predicted octanol–water partition coefficient (Wildman–Crippen LogP) is 4.52. The van der Waals surface area contributed by atoms with Crippen molar-refractivity contribution >= 4 is 11.9 Å². The summed E-state index contributed by atoms with van der Waals surface area (Å²) in [5.74, 6) is -0.0684. The van der Waals surface area contributed by atoms with Gasteiger partial charge in [0.25, 0.3) is 5.91 Å². The summed E-state index contributed by atoms with van der Waals surface area (Å²) in [5, 5.41) is 3.07. The lowest BCUT2D eigenvalue weighted by Gasteiger charge is -2.42. The number of benzene rings is 1. The number of carbonyl (C=O) groups is 2. The second kappa shape index (κ2) is 9.24. The number of carbonyl (C=O) groups excluding carboxylic acids is 2. The smallest absolute Gasteiger partial charge is 0.323 e. The topological polar surface area (TPSA) is 52.6 Å². The number of imide groups is 1. The van der Waals surface area contributed by atoms with Crippen molar-refractivity contribution in [1.82, 2.24) is 15.1 Å². The Bertz CT molecular complexity index is 711. The van der Waals surface area contributed by atoms with E-state index in [1.807, 2.05) is 0 Å². The predicted molar refractivity (Wildman–Crippen MR) is 111 cm³/mol. The Morgan fingerprint density at radius 2 is 1.79 bits per heavy atom. The van der Waals surface area contributed by atoms with Crippen molar-refractivity contribution in [2.24, 2.45) is 11.8 Å². The molecule has 1 aromatic carbocycles. The number of halogens is 1. The molecule has 0 bridgehead atoms. The molecule has 5 nitrogen and oxygen atoms in total. The first-order valence-corrected chi connectivity index (χ1v) is 11.0. The maximum atomic E-state index is 13.4. The number of rotatable bonds is 8. The van der Waals surface area contributed by atoms with Crippen LogP contribution in [0.3, 0.4) is 0 Å². The minimum Gasteiger partial charge on any atom is -0.323 e. The van der Waals surface area contributed by atoms with E-state index in [0.29, 0.717) is 6.54 Å². The van der Waals surface area contributed by atoms with Crippen molar-refractivity contribution in [3.8, 4) is 0 Å². The lowest BCUT2D eigenvalue weighted by molar-refractivity contribution is -0.138. The van der Waals surface area contributed by atoms with Crippen molar-refractivity contribution in [3.63, 3.8) is 0 Å². The van der Waals surface area contributed by atoms with E-state index in [9.17, 15) is 14.0 Å². The lowest BCUT2D eigenvalue weighted by Crippen LogP contribution is -2.59. The summed E-state index contributed by atoms with van der Waals surface area (Å²) in [6, 6.07) is 6.15. The molecule has 29 heavy (non-hydrogen) atoms. The van der Waals surface area contributed by atoms with Gasteiger partial charge in [0.2, 0.25) is 0 Å².